The van der Waals surface area contributed by atoms with Crippen LogP contribution in [0.25, 0.3) is 0 Å². The second kappa shape index (κ2) is 5.83. The molecule has 0 saturated carbocycles. The van der Waals surface area contributed by atoms with Crippen molar-refractivity contribution in [2.75, 3.05) is 6.79 Å². The van der Waals surface area contributed by atoms with Crippen LogP contribution >= 0.6 is 0 Å². The van der Waals surface area contributed by atoms with Gasteiger partial charge < -0.3 is 14.8 Å². The number of carbonyl (C=O) groups excluding carboxylic acids is 1. The van der Waals surface area contributed by atoms with Gasteiger partial charge in [-0.25, -0.2) is 4.39 Å². The highest BCUT2D eigenvalue weighted by atomic mass is 19.1. The van der Waals surface area contributed by atoms with Gasteiger partial charge in [-0.1, -0.05) is 24.3 Å². The fourth-order valence-electron chi connectivity index (χ4n) is 2.13. The van der Waals surface area contributed by atoms with E-state index in [4.69, 9.17) is 9.47 Å². The van der Waals surface area contributed by atoms with Gasteiger partial charge in [-0.15, -0.1) is 0 Å². The Kier molecular flexibility index (Phi) is 3.73. The van der Waals surface area contributed by atoms with Gasteiger partial charge >= 0.3 is 0 Å². The number of benzene rings is 2. The van der Waals surface area contributed by atoms with Crippen LogP contribution in [-0.2, 0) is 17.8 Å². The van der Waals surface area contributed by atoms with Crippen LogP contribution in [0.15, 0.2) is 42.5 Å². The van der Waals surface area contributed by atoms with Crippen molar-refractivity contribution in [3.8, 4) is 11.5 Å². The third-order valence-corrected chi connectivity index (χ3v) is 3.24. The van der Waals surface area contributed by atoms with Crippen molar-refractivity contribution >= 4 is 5.91 Å². The zero-order chi connectivity index (χ0) is 14.7. The minimum atomic E-state index is -0.319. The number of fused-ring (bicyclic) bond motifs is 1. The zero-order valence-corrected chi connectivity index (χ0v) is 11.3. The lowest BCUT2D eigenvalue weighted by molar-refractivity contribution is -0.120. The molecular formula is C16H14FNO3. The Morgan fingerprint density at radius 2 is 1.95 bits per heavy atom. The summed E-state index contributed by atoms with van der Waals surface area (Å²) in [6.07, 6.45) is 0.213. The molecule has 1 heterocycles. The summed E-state index contributed by atoms with van der Waals surface area (Å²) in [6.45, 7) is 0.383. The van der Waals surface area contributed by atoms with E-state index in [1.54, 1.807) is 30.3 Å². The number of nitrogens with one attached hydrogen (secondary N) is 1. The Labute approximate surface area is 121 Å². The summed E-state index contributed by atoms with van der Waals surface area (Å²) in [4.78, 5) is 11.9. The van der Waals surface area contributed by atoms with Gasteiger partial charge in [0, 0.05) is 12.1 Å². The summed E-state index contributed by atoms with van der Waals surface area (Å²) in [5.41, 5.74) is 1.29. The normalized spacial score (nSPS) is 12.2. The van der Waals surface area contributed by atoms with Crippen molar-refractivity contribution in [1.29, 1.82) is 0 Å². The molecule has 0 aromatic heterocycles. The summed E-state index contributed by atoms with van der Waals surface area (Å²) >= 11 is 0. The lowest BCUT2D eigenvalue weighted by Crippen LogP contribution is -2.24. The molecule has 0 fully saturated rings. The quantitative estimate of drug-likeness (QED) is 0.939. The average Bonchev–Trinajstić information content (AvgIpc) is 2.94. The highest BCUT2D eigenvalue weighted by Gasteiger charge is 2.14. The van der Waals surface area contributed by atoms with Crippen molar-refractivity contribution < 1.29 is 18.7 Å². The summed E-state index contributed by atoms with van der Waals surface area (Å²) < 4.78 is 23.9. The first-order valence-electron chi connectivity index (χ1n) is 6.61. The number of hydrogen-bond donors (Lipinski definition) is 1. The first-order chi connectivity index (χ1) is 10.2. The average molecular weight is 287 g/mol. The maximum absolute atomic E-state index is 13.4. The second-order valence-electron chi connectivity index (χ2n) is 4.73. The van der Waals surface area contributed by atoms with E-state index < -0.39 is 0 Å². The lowest BCUT2D eigenvalue weighted by atomic mass is 10.1. The molecule has 0 saturated heterocycles. The Morgan fingerprint density at radius 3 is 2.81 bits per heavy atom. The van der Waals surface area contributed by atoms with Gasteiger partial charge in [0.25, 0.3) is 0 Å². The van der Waals surface area contributed by atoms with Gasteiger partial charge in [0.05, 0.1) is 6.42 Å². The second-order valence-corrected chi connectivity index (χ2v) is 4.73. The number of amides is 1. The maximum atomic E-state index is 13.4. The van der Waals surface area contributed by atoms with Crippen LogP contribution in [0.5, 0.6) is 11.5 Å². The van der Waals surface area contributed by atoms with Crippen molar-refractivity contribution in [2.24, 2.45) is 0 Å². The van der Waals surface area contributed by atoms with Crippen molar-refractivity contribution in [2.45, 2.75) is 13.0 Å². The van der Waals surface area contributed by atoms with Crippen LogP contribution < -0.4 is 14.8 Å². The van der Waals surface area contributed by atoms with Gasteiger partial charge in [0.15, 0.2) is 11.5 Å². The molecule has 2 aromatic rings. The van der Waals surface area contributed by atoms with Gasteiger partial charge in [-0.3, -0.25) is 4.79 Å². The third kappa shape index (κ3) is 3.13. The molecule has 2 aromatic carbocycles. The first kappa shape index (κ1) is 13.4. The molecular weight excluding hydrogens is 273 g/mol. The van der Waals surface area contributed by atoms with Crippen LogP contribution in [0, 0.1) is 5.82 Å². The van der Waals surface area contributed by atoms with Crippen molar-refractivity contribution in [1.82, 2.24) is 5.32 Å². The summed E-state index contributed by atoms with van der Waals surface area (Å²) in [5.74, 6) is 0.845. The monoisotopic (exact) mass is 287 g/mol. The predicted octanol–water partition coefficient (Wildman–Crippen LogP) is 2.41. The van der Waals surface area contributed by atoms with E-state index in [1.165, 1.54) is 6.07 Å². The minimum Gasteiger partial charge on any atom is -0.454 e. The van der Waals surface area contributed by atoms with E-state index in [1.807, 2.05) is 6.07 Å². The molecule has 3 rings (SSSR count). The van der Waals surface area contributed by atoms with E-state index in [0.29, 0.717) is 17.1 Å². The molecule has 0 atom stereocenters. The van der Waals surface area contributed by atoms with Crippen LogP contribution in [0.2, 0.25) is 0 Å². The molecule has 0 aliphatic carbocycles. The number of ether oxygens (including phenoxy) is 2. The molecule has 108 valence electrons. The molecule has 1 N–H and O–H groups in total. The van der Waals surface area contributed by atoms with Gasteiger partial charge in [-0.05, 0) is 23.8 Å². The van der Waals surface area contributed by atoms with Gasteiger partial charge in [0.1, 0.15) is 5.82 Å². The molecule has 0 unspecified atom stereocenters. The molecule has 1 aliphatic rings. The number of rotatable bonds is 4. The van der Waals surface area contributed by atoms with E-state index in [0.717, 1.165) is 5.56 Å². The molecule has 1 amide bonds. The summed E-state index contributed by atoms with van der Waals surface area (Å²) in [5, 5.41) is 2.70. The van der Waals surface area contributed by atoms with Crippen LogP contribution in [0.1, 0.15) is 11.1 Å². The molecule has 4 nitrogen and oxygen atoms in total. The molecule has 0 spiro atoms. The Morgan fingerprint density at radius 1 is 1.14 bits per heavy atom. The molecule has 5 heteroatoms. The van der Waals surface area contributed by atoms with E-state index in [2.05, 4.69) is 5.32 Å². The zero-order valence-electron chi connectivity index (χ0n) is 11.3. The maximum Gasteiger partial charge on any atom is 0.231 e. The minimum absolute atomic E-state index is 0.169. The van der Waals surface area contributed by atoms with E-state index in [9.17, 15) is 9.18 Å². The topological polar surface area (TPSA) is 47.6 Å². The fraction of sp³-hybridized carbons (Fsp3) is 0.188. The number of hydrogen-bond acceptors (Lipinski definition) is 3. The van der Waals surface area contributed by atoms with Crippen LogP contribution in [0.3, 0.4) is 0 Å². The van der Waals surface area contributed by atoms with Crippen LogP contribution in [0.4, 0.5) is 4.39 Å². The van der Waals surface area contributed by atoms with E-state index in [-0.39, 0.29) is 31.5 Å². The SMILES string of the molecule is O=C(Cc1ccc2c(c1)OCO2)NCc1ccccc1F. The van der Waals surface area contributed by atoms with Crippen molar-refractivity contribution in [3.63, 3.8) is 0 Å². The Hall–Kier alpha value is -2.56. The number of carbonyl (C=O) groups is 1. The van der Waals surface area contributed by atoms with Gasteiger partial charge in [-0.2, -0.15) is 0 Å². The number of halogens is 1. The smallest absolute Gasteiger partial charge is 0.231 e. The molecule has 0 bridgehead atoms. The fourth-order valence-corrected chi connectivity index (χ4v) is 2.13. The third-order valence-electron chi connectivity index (χ3n) is 3.24. The van der Waals surface area contributed by atoms with Crippen molar-refractivity contribution in [3.05, 3.63) is 59.4 Å². The first-order valence-corrected chi connectivity index (χ1v) is 6.61. The predicted molar refractivity (Wildman–Crippen MR) is 74.5 cm³/mol. The Balaban J connectivity index is 1.58. The molecule has 1 aliphatic heterocycles. The Bertz CT molecular complexity index is 672. The highest BCUT2D eigenvalue weighted by molar-refractivity contribution is 5.78. The molecule has 21 heavy (non-hydrogen) atoms. The summed E-state index contributed by atoms with van der Waals surface area (Å²) in [6, 6.07) is 11.8. The van der Waals surface area contributed by atoms with Crippen LogP contribution in [-0.4, -0.2) is 12.7 Å². The largest absolute Gasteiger partial charge is 0.454 e. The van der Waals surface area contributed by atoms with E-state index >= 15 is 0 Å². The summed E-state index contributed by atoms with van der Waals surface area (Å²) in [7, 11) is 0. The highest BCUT2D eigenvalue weighted by Crippen LogP contribution is 2.32. The lowest BCUT2D eigenvalue weighted by Gasteiger charge is -2.07. The van der Waals surface area contributed by atoms with Gasteiger partial charge in [0.2, 0.25) is 12.7 Å². The molecule has 0 radical (unpaired) electrons. The standard InChI is InChI=1S/C16H14FNO3/c17-13-4-2-1-3-12(13)9-18-16(19)8-11-5-6-14-15(7-11)21-10-20-14/h1-7H,8-10H2,(H,18,19).